The fraction of sp³-hybridized carbons (Fsp3) is 0.320. The Morgan fingerprint density at radius 1 is 1.14 bits per heavy atom. The molecule has 0 fully saturated rings. The number of allylic oxidation sites excluding steroid dienone is 1. The van der Waals surface area contributed by atoms with Crippen molar-refractivity contribution < 1.29 is 42.1 Å². The molecule has 1 aromatic heterocycles. The number of rotatable bonds is 11. The summed E-state index contributed by atoms with van der Waals surface area (Å²) in [6.07, 6.45) is 2.51. The summed E-state index contributed by atoms with van der Waals surface area (Å²) in [5.41, 5.74) is 1.50. The summed E-state index contributed by atoms with van der Waals surface area (Å²) in [6.45, 7) is -0.657. The maximum atomic E-state index is 13.1. The van der Waals surface area contributed by atoms with Crippen molar-refractivity contribution in [1.29, 1.82) is 0 Å². The number of nitrogens with zero attached hydrogens (tertiary/aromatic N) is 1. The number of sulfonamides is 1. The van der Waals surface area contributed by atoms with Crippen molar-refractivity contribution in [3.63, 3.8) is 0 Å². The molecule has 11 heteroatoms. The Balaban J connectivity index is 1.46. The smallest absolute Gasteiger partial charge is 0.370 e. The second kappa shape index (κ2) is 11.1. The number of furan rings is 1. The standard InChI is InChI=1S/C25H27NO9S/c1-32-18-6-8-19(9-7-18)36(30,31)26(10-12-27)11-13-33-24-15-17(14-23(35-24)25(28)29)21-16-34-22-5-3-2-4-20(21)22/h2-9,14,16-17,24,27H,10-13,15H2,1H3,(H,28,29). The van der Waals surface area contributed by atoms with Gasteiger partial charge < -0.3 is 28.8 Å². The first-order chi connectivity index (χ1) is 17.3. The van der Waals surface area contributed by atoms with Crippen LogP contribution < -0.4 is 4.74 Å². The molecular weight excluding hydrogens is 490 g/mol. The summed E-state index contributed by atoms with van der Waals surface area (Å²) in [5, 5.41) is 19.8. The highest BCUT2D eigenvalue weighted by molar-refractivity contribution is 7.89. The number of hydrogen-bond donors (Lipinski definition) is 2. The third-order valence-corrected chi connectivity index (χ3v) is 7.78. The number of para-hydroxylation sites is 1. The molecule has 4 rings (SSSR count). The highest BCUT2D eigenvalue weighted by atomic mass is 32.2. The molecule has 1 aliphatic heterocycles. The average Bonchev–Trinajstić information content (AvgIpc) is 3.32. The molecule has 0 saturated heterocycles. The van der Waals surface area contributed by atoms with E-state index >= 15 is 0 Å². The lowest BCUT2D eigenvalue weighted by Crippen LogP contribution is -2.37. The van der Waals surface area contributed by atoms with Gasteiger partial charge in [0.2, 0.25) is 22.1 Å². The lowest BCUT2D eigenvalue weighted by atomic mass is 9.92. The molecular formula is C25H27NO9S. The van der Waals surface area contributed by atoms with Crippen molar-refractivity contribution in [1.82, 2.24) is 4.31 Å². The van der Waals surface area contributed by atoms with Gasteiger partial charge in [0.15, 0.2) is 0 Å². The zero-order valence-electron chi connectivity index (χ0n) is 19.6. The van der Waals surface area contributed by atoms with Gasteiger partial charge in [-0.05, 0) is 36.4 Å². The molecule has 2 unspecified atom stereocenters. The minimum Gasteiger partial charge on any atom is -0.497 e. The fourth-order valence-electron chi connectivity index (χ4n) is 4.06. The quantitative estimate of drug-likeness (QED) is 0.393. The predicted octanol–water partition coefficient (Wildman–Crippen LogP) is 2.94. The van der Waals surface area contributed by atoms with Crippen LogP contribution in [0.25, 0.3) is 11.0 Å². The van der Waals surface area contributed by atoms with Gasteiger partial charge in [-0.25, -0.2) is 13.2 Å². The number of hydrogen-bond acceptors (Lipinski definition) is 8. The topological polar surface area (TPSA) is 136 Å². The Morgan fingerprint density at radius 3 is 2.58 bits per heavy atom. The summed E-state index contributed by atoms with van der Waals surface area (Å²) >= 11 is 0. The van der Waals surface area contributed by atoms with Gasteiger partial charge in [-0.3, -0.25) is 0 Å². The molecule has 0 spiro atoms. The van der Waals surface area contributed by atoms with Gasteiger partial charge in [0.1, 0.15) is 11.3 Å². The van der Waals surface area contributed by atoms with Crippen LogP contribution in [0.1, 0.15) is 17.9 Å². The lowest BCUT2D eigenvalue weighted by molar-refractivity contribution is -0.157. The van der Waals surface area contributed by atoms with Crippen LogP contribution in [0.5, 0.6) is 5.75 Å². The van der Waals surface area contributed by atoms with Gasteiger partial charge in [0.25, 0.3) is 0 Å². The molecule has 10 nitrogen and oxygen atoms in total. The number of benzene rings is 2. The fourth-order valence-corrected chi connectivity index (χ4v) is 5.47. The van der Waals surface area contributed by atoms with E-state index in [1.54, 1.807) is 6.26 Å². The zero-order chi connectivity index (χ0) is 25.7. The molecule has 2 heterocycles. The molecule has 3 aromatic rings. The van der Waals surface area contributed by atoms with Crippen LogP contribution in [0.3, 0.4) is 0 Å². The maximum Gasteiger partial charge on any atom is 0.370 e. The number of carbonyl (C=O) groups is 1. The highest BCUT2D eigenvalue weighted by Gasteiger charge is 2.31. The Kier molecular flexibility index (Phi) is 7.94. The minimum absolute atomic E-state index is 0.0497. The van der Waals surface area contributed by atoms with E-state index in [4.69, 9.17) is 18.6 Å². The van der Waals surface area contributed by atoms with Gasteiger partial charge in [0.05, 0.1) is 31.5 Å². The Bertz CT molecular complexity index is 1330. The zero-order valence-corrected chi connectivity index (χ0v) is 20.4. The SMILES string of the molecule is COc1ccc(S(=O)(=O)N(CCO)CCOC2CC(c3coc4ccccc34)C=C(C(=O)O)O2)cc1. The number of aliphatic hydroxyl groups excluding tert-OH is 1. The van der Waals surface area contributed by atoms with Crippen LogP contribution in [0, 0.1) is 0 Å². The van der Waals surface area contributed by atoms with E-state index in [1.165, 1.54) is 37.5 Å². The van der Waals surface area contributed by atoms with E-state index in [0.29, 0.717) is 17.8 Å². The molecule has 0 radical (unpaired) electrons. The first kappa shape index (κ1) is 25.7. The van der Waals surface area contributed by atoms with Crippen LogP contribution in [-0.2, 0) is 24.3 Å². The van der Waals surface area contributed by atoms with E-state index in [0.717, 1.165) is 15.3 Å². The number of methoxy groups -OCH3 is 1. The molecule has 0 saturated carbocycles. The van der Waals surface area contributed by atoms with Crippen molar-refractivity contribution in [3.8, 4) is 5.75 Å². The lowest BCUT2D eigenvalue weighted by Gasteiger charge is -2.29. The molecule has 1 aliphatic rings. The van der Waals surface area contributed by atoms with E-state index in [2.05, 4.69) is 0 Å². The maximum absolute atomic E-state index is 13.1. The molecule has 2 atom stereocenters. The predicted molar refractivity (Wildman–Crippen MR) is 129 cm³/mol. The van der Waals surface area contributed by atoms with Crippen molar-refractivity contribution in [2.75, 3.05) is 33.4 Å². The van der Waals surface area contributed by atoms with Gasteiger partial charge >= 0.3 is 5.97 Å². The first-order valence-electron chi connectivity index (χ1n) is 11.3. The molecule has 0 bridgehead atoms. The summed E-state index contributed by atoms with van der Waals surface area (Å²) in [4.78, 5) is 11.7. The van der Waals surface area contributed by atoms with E-state index in [9.17, 15) is 23.4 Å². The Hall–Kier alpha value is -3.38. The normalized spacial score (nSPS) is 18.1. The van der Waals surface area contributed by atoms with Crippen molar-refractivity contribution in [2.24, 2.45) is 0 Å². The second-order valence-electron chi connectivity index (χ2n) is 8.09. The Labute approximate surface area is 208 Å². The van der Waals surface area contributed by atoms with E-state index < -0.39 is 22.3 Å². The summed E-state index contributed by atoms with van der Waals surface area (Å²) in [6, 6.07) is 13.4. The van der Waals surface area contributed by atoms with Crippen LogP contribution >= 0.6 is 0 Å². The molecule has 36 heavy (non-hydrogen) atoms. The van der Waals surface area contributed by atoms with Crippen LogP contribution in [-0.4, -0.2) is 68.6 Å². The van der Waals surface area contributed by atoms with Crippen LogP contribution in [0.2, 0.25) is 0 Å². The first-order valence-corrected chi connectivity index (χ1v) is 12.7. The van der Waals surface area contributed by atoms with Gasteiger partial charge in [-0.1, -0.05) is 18.2 Å². The van der Waals surface area contributed by atoms with Crippen LogP contribution in [0.15, 0.2) is 75.9 Å². The molecule has 2 aromatic carbocycles. The third kappa shape index (κ3) is 5.54. The van der Waals surface area contributed by atoms with Crippen molar-refractivity contribution in [3.05, 3.63) is 72.2 Å². The number of aliphatic hydroxyl groups is 1. The number of carboxylic acid groups (broad SMARTS) is 1. The van der Waals surface area contributed by atoms with Crippen LogP contribution in [0.4, 0.5) is 0 Å². The second-order valence-corrected chi connectivity index (χ2v) is 10.0. The van der Waals surface area contributed by atoms with Gasteiger partial charge in [0, 0.05) is 36.4 Å². The van der Waals surface area contributed by atoms with Crippen molar-refractivity contribution >= 4 is 27.0 Å². The summed E-state index contributed by atoms with van der Waals surface area (Å²) in [5.74, 6) is -1.30. The third-order valence-electron chi connectivity index (χ3n) is 5.87. The summed E-state index contributed by atoms with van der Waals surface area (Å²) in [7, 11) is -2.42. The minimum atomic E-state index is -3.91. The van der Waals surface area contributed by atoms with E-state index in [1.807, 2.05) is 24.3 Å². The summed E-state index contributed by atoms with van der Waals surface area (Å²) < 4.78 is 49.2. The largest absolute Gasteiger partial charge is 0.497 e. The van der Waals surface area contributed by atoms with Gasteiger partial charge in [-0.2, -0.15) is 4.31 Å². The number of carboxylic acids is 1. The Morgan fingerprint density at radius 2 is 1.89 bits per heavy atom. The van der Waals surface area contributed by atoms with Crippen molar-refractivity contribution in [2.45, 2.75) is 23.5 Å². The number of aliphatic carboxylic acids is 1. The monoisotopic (exact) mass is 517 g/mol. The van der Waals surface area contributed by atoms with Gasteiger partial charge in [-0.15, -0.1) is 0 Å². The number of ether oxygens (including phenoxy) is 3. The molecule has 0 amide bonds. The molecule has 0 aliphatic carbocycles. The molecule has 192 valence electrons. The highest BCUT2D eigenvalue weighted by Crippen LogP contribution is 2.36. The number of fused-ring (bicyclic) bond motifs is 1. The molecule has 2 N–H and O–H groups in total. The average molecular weight is 518 g/mol. The van der Waals surface area contributed by atoms with E-state index in [-0.39, 0.29) is 42.9 Å².